The summed E-state index contributed by atoms with van der Waals surface area (Å²) >= 11 is 0. The molecule has 0 aromatic heterocycles. The third-order valence-corrected chi connectivity index (χ3v) is 2.11. The highest BCUT2D eigenvalue weighted by Crippen LogP contribution is 2.22. The fraction of sp³-hybridized carbons (Fsp3) is 1.00. The number of ether oxygens (including phenoxy) is 1. The normalized spacial score (nSPS) is 44.8. The summed E-state index contributed by atoms with van der Waals surface area (Å²) in [5.74, 6) is 0. The molecule has 0 radical (unpaired) electrons. The molecule has 4 N–H and O–H groups in total. The first-order valence-corrected chi connectivity index (χ1v) is 3.88. The number of hydrogen-bond donors (Lipinski definition) is 4. The van der Waals surface area contributed by atoms with E-state index in [-0.39, 0.29) is 0 Å². The van der Waals surface area contributed by atoms with Crippen LogP contribution in [0.15, 0.2) is 0 Å². The topological polar surface area (TPSA) is 90.2 Å². The molecule has 5 atom stereocenters. The predicted octanol–water partition coefficient (Wildman–Crippen LogP) is -2.15. The summed E-state index contributed by atoms with van der Waals surface area (Å²) in [6.07, 6.45) is -4.65. The molecule has 0 bridgehead atoms. The lowest BCUT2D eigenvalue weighted by atomic mass is 10.1. The summed E-state index contributed by atoms with van der Waals surface area (Å²) in [6.45, 7) is 1.11. The first kappa shape index (κ1) is 9.88. The van der Waals surface area contributed by atoms with Gasteiger partial charge in [-0.15, -0.1) is 0 Å². The summed E-state index contributed by atoms with van der Waals surface area (Å²) in [4.78, 5) is 0. The van der Waals surface area contributed by atoms with Crippen LogP contribution in [0.2, 0.25) is 0 Å². The summed E-state index contributed by atoms with van der Waals surface area (Å²) in [7, 11) is 0. The maximum atomic E-state index is 9.28. The van der Waals surface area contributed by atoms with Gasteiger partial charge in [-0.05, 0) is 6.92 Å². The van der Waals surface area contributed by atoms with E-state index >= 15 is 0 Å². The van der Waals surface area contributed by atoms with E-state index in [4.69, 9.17) is 14.9 Å². The molecule has 0 unspecified atom stereocenters. The van der Waals surface area contributed by atoms with Crippen molar-refractivity contribution in [1.82, 2.24) is 0 Å². The predicted molar refractivity (Wildman–Crippen MR) is 39.4 cm³/mol. The maximum absolute atomic E-state index is 9.28. The zero-order chi connectivity index (χ0) is 9.30. The van der Waals surface area contributed by atoms with Gasteiger partial charge in [0.15, 0.2) is 0 Å². The Hall–Kier alpha value is -0.200. The molecule has 1 aliphatic heterocycles. The summed E-state index contributed by atoms with van der Waals surface area (Å²) in [5.41, 5.74) is 0. The van der Waals surface area contributed by atoms with E-state index in [9.17, 15) is 10.2 Å². The van der Waals surface area contributed by atoms with Crippen molar-refractivity contribution in [1.29, 1.82) is 0 Å². The fourth-order valence-corrected chi connectivity index (χ4v) is 1.30. The molecule has 0 aromatic carbocycles. The lowest BCUT2D eigenvalue weighted by molar-refractivity contribution is -0.0786. The Balaban J connectivity index is 2.58. The van der Waals surface area contributed by atoms with E-state index in [0.717, 1.165) is 0 Å². The van der Waals surface area contributed by atoms with E-state index in [1.165, 1.54) is 0 Å². The van der Waals surface area contributed by atoms with Crippen molar-refractivity contribution in [2.75, 3.05) is 6.61 Å². The van der Waals surface area contributed by atoms with E-state index in [1.54, 1.807) is 6.92 Å². The van der Waals surface area contributed by atoms with Crippen LogP contribution < -0.4 is 0 Å². The Morgan fingerprint density at radius 3 is 2.25 bits per heavy atom. The van der Waals surface area contributed by atoms with Crippen molar-refractivity contribution in [2.24, 2.45) is 0 Å². The maximum Gasteiger partial charge on any atom is 0.115 e. The number of aliphatic hydroxyl groups excluding tert-OH is 4. The quantitative estimate of drug-likeness (QED) is 0.387. The highest BCUT2D eigenvalue weighted by Gasteiger charge is 2.43. The van der Waals surface area contributed by atoms with Gasteiger partial charge in [0.2, 0.25) is 0 Å². The summed E-state index contributed by atoms with van der Waals surface area (Å²) in [5, 5.41) is 36.2. The molecule has 1 heterocycles. The molecule has 72 valence electrons. The second-order valence-corrected chi connectivity index (χ2v) is 3.04. The molecule has 5 heteroatoms. The SMILES string of the molecule is C[C@H]1O[C@H]([C@H](O)CO)[C@H](O)[C@@H]1O. The van der Waals surface area contributed by atoms with Crippen LogP contribution in [-0.2, 0) is 4.74 Å². The minimum atomic E-state index is -1.14. The molecule has 1 fully saturated rings. The van der Waals surface area contributed by atoms with Crippen LogP contribution in [-0.4, -0.2) is 57.6 Å². The van der Waals surface area contributed by atoms with Crippen LogP contribution in [0.1, 0.15) is 6.92 Å². The van der Waals surface area contributed by atoms with E-state index in [1.807, 2.05) is 0 Å². The van der Waals surface area contributed by atoms with Gasteiger partial charge in [0.25, 0.3) is 0 Å². The largest absolute Gasteiger partial charge is 0.394 e. The van der Waals surface area contributed by atoms with Gasteiger partial charge in [-0.1, -0.05) is 0 Å². The first-order chi connectivity index (χ1) is 5.57. The average molecular weight is 178 g/mol. The molecule has 12 heavy (non-hydrogen) atoms. The van der Waals surface area contributed by atoms with Gasteiger partial charge in [0.05, 0.1) is 12.7 Å². The Morgan fingerprint density at radius 1 is 1.33 bits per heavy atom. The fourth-order valence-electron chi connectivity index (χ4n) is 1.30. The molecular weight excluding hydrogens is 164 g/mol. The van der Waals surface area contributed by atoms with E-state index in [2.05, 4.69) is 0 Å². The molecular formula is C7H14O5. The van der Waals surface area contributed by atoms with Crippen molar-refractivity contribution < 1.29 is 25.2 Å². The monoisotopic (exact) mass is 178 g/mol. The highest BCUT2D eigenvalue weighted by atomic mass is 16.6. The molecule has 1 saturated heterocycles. The zero-order valence-electron chi connectivity index (χ0n) is 6.79. The van der Waals surface area contributed by atoms with Gasteiger partial charge >= 0.3 is 0 Å². The second kappa shape index (κ2) is 3.68. The Kier molecular flexibility index (Phi) is 3.03. The van der Waals surface area contributed by atoms with Crippen molar-refractivity contribution in [3.05, 3.63) is 0 Å². The molecule has 0 aliphatic carbocycles. The van der Waals surface area contributed by atoms with Crippen LogP contribution in [0.3, 0.4) is 0 Å². The van der Waals surface area contributed by atoms with E-state index in [0.29, 0.717) is 0 Å². The van der Waals surface area contributed by atoms with Crippen LogP contribution in [0, 0.1) is 0 Å². The van der Waals surface area contributed by atoms with Gasteiger partial charge in [-0.3, -0.25) is 0 Å². The Bertz CT molecular complexity index is 151. The summed E-state index contributed by atoms with van der Waals surface area (Å²) < 4.78 is 5.03. The molecule has 5 nitrogen and oxygen atoms in total. The first-order valence-electron chi connectivity index (χ1n) is 3.88. The number of rotatable bonds is 2. The average Bonchev–Trinajstić information content (AvgIpc) is 2.32. The number of hydrogen-bond acceptors (Lipinski definition) is 5. The third-order valence-electron chi connectivity index (χ3n) is 2.11. The molecule has 1 rings (SSSR count). The number of aliphatic hydroxyl groups is 4. The van der Waals surface area contributed by atoms with Crippen LogP contribution >= 0.6 is 0 Å². The van der Waals surface area contributed by atoms with Gasteiger partial charge < -0.3 is 25.2 Å². The molecule has 0 amide bonds. The molecule has 0 aromatic rings. The van der Waals surface area contributed by atoms with Crippen LogP contribution in [0.5, 0.6) is 0 Å². The second-order valence-electron chi connectivity index (χ2n) is 3.04. The Morgan fingerprint density at radius 2 is 1.92 bits per heavy atom. The van der Waals surface area contributed by atoms with Crippen LogP contribution in [0.25, 0.3) is 0 Å². The van der Waals surface area contributed by atoms with Crippen molar-refractivity contribution in [3.63, 3.8) is 0 Å². The van der Waals surface area contributed by atoms with Crippen molar-refractivity contribution in [3.8, 4) is 0 Å². The van der Waals surface area contributed by atoms with Gasteiger partial charge in [-0.2, -0.15) is 0 Å². The summed E-state index contributed by atoms with van der Waals surface area (Å²) in [6, 6.07) is 0. The lowest BCUT2D eigenvalue weighted by Gasteiger charge is -2.18. The highest BCUT2D eigenvalue weighted by molar-refractivity contribution is 4.91. The minimum Gasteiger partial charge on any atom is -0.394 e. The van der Waals surface area contributed by atoms with Gasteiger partial charge in [0.1, 0.15) is 24.4 Å². The Labute approximate surface area is 70.2 Å². The standard InChI is InChI=1S/C7H14O5/c1-3-5(10)6(11)7(12-3)4(9)2-8/h3-11H,2H2,1H3/t3-,4-,5-,6-,7-/m1/s1. The third kappa shape index (κ3) is 1.60. The lowest BCUT2D eigenvalue weighted by Crippen LogP contribution is -2.40. The van der Waals surface area contributed by atoms with Gasteiger partial charge in [-0.25, -0.2) is 0 Å². The zero-order valence-corrected chi connectivity index (χ0v) is 6.79. The smallest absolute Gasteiger partial charge is 0.115 e. The van der Waals surface area contributed by atoms with Gasteiger partial charge in [0, 0.05) is 0 Å². The molecule has 0 saturated carbocycles. The molecule has 1 aliphatic rings. The van der Waals surface area contributed by atoms with Crippen molar-refractivity contribution in [2.45, 2.75) is 37.4 Å². The minimum absolute atomic E-state index is 0.485. The molecule has 0 spiro atoms. The van der Waals surface area contributed by atoms with Crippen molar-refractivity contribution >= 4 is 0 Å². The van der Waals surface area contributed by atoms with E-state index < -0.39 is 37.1 Å². The van der Waals surface area contributed by atoms with Crippen LogP contribution in [0.4, 0.5) is 0 Å².